The largest absolute Gasteiger partial charge is 0.494 e. The van der Waals surface area contributed by atoms with Crippen LogP contribution in [0.5, 0.6) is 11.6 Å². The number of likely N-dealkylation sites (tertiary alicyclic amines) is 1. The topological polar surface area (TPSA) is 123 Å². The molecule has 0 radical (unpaired) electrons. The fourth-order valence-electron chi connectivity index (χ4n) is 6.44. The molecule has 1 aliphatic carbocycles. The number of nitriles is 1. The number of carboxylic acid groups (broad SMARTS) is 1. The standard InChI is InChI=1S/C32H30FN5O5/c1-41-27-11-20(32(39)40)10-26-31(27)36-28(38(26)13-21-7-8-42-21)16-37-14-22-23(15-37)30(22)25-3-2-4-29(35-25)43-17-19-6-5-18(12-34)9-24(19)33/h2-6,9-11,21-23,30H,7-8,13-17H2,1H3,(H,39,40)/t21-,22-,23+,30+/m0/s1. The lowest BCUT2D eigenvalue weighted by atomic mass is 10.1. The Morgan fingerprint density at radius 3 is 2.67 bits per heavy atom. The third-order valence-corrected chi connectivity index (χ3v) is 8.82. The zero-order chi connectivity index (χ0) is 29.7. The van der Waals surface area contributed by atoms with E-state index in [0.717, 1.165) is 43.2 Å². The smallest absolute Gasteiger partial charge is 0.335 e. The molecule has 0 unspecified atom stereocenters. The molecule has 0 amide bonds. The molecule has 220 valence electrons. The number of halogens is 1. The van der Waals surface area contributed by atoms with Crippen molar-refractivity contribution in [3.05, 3.63) is 82.6 Å². The summed E-state index contributed by atoms with van der Waals surface area (Å²) < 4.78 is 33.4. The van der Waals surface area contributed by atoms with Crippen molar-refractivity contribution in [2.45, 2.75) is 38.1 Å². The first kappa shape index (κ1) is 27.3. The van der Waals surface area contributed by atoms with E-state index in [-0.39, 0.29) is 23.8 Å². The van der Waals surface area contributed by atoms with Crippen LogP contribution in [0.2, 0.25) is 0 Å². The van der Waals surface area contributed by atoms with Gasteiger partial charge in [0, 0.05) is 42.9 Å². The summed E-state index contributed by atoms with van der Waals surface area (Å²) in [6.07, 6.45) is 1.05. The first-order valence-electron chi connectivity index (χ1n) is 14.3. The van der Waals surface area contributed by atoms with Gasteiger partial charge in [0.25, 0.3) is 0 Å². The molecular weight excluding hydrogens is 553 g/mol. The number of methoxy groups -OCH3 is 1. The number of carboxylic acids is 1. The van der Waals surface area contributed by atoms with Gasteiger partial charge in [0.15, 0.2) is 0 Å². The fraction of sp³-hybridized carbons (Fsp3) is 0.375. The number of ether oxygens (including phenoxy) is 3. The molecule has 3 aliphatic rings. The van der Waals surface area contributed by atoms with Crippen molar-refractivity contribution in [3.63, 3.8) is 0 Å². The molecule has 0 bridgehead atoms. The quantitative estimate of drug-likeness (QED) is 0.290. The minimum absolute atomic E-state index is 0.0327. The molecule has 2 saturated heterocycles. The summed E-state index contributed by atoms with van der Waals surface area (Å²) in [5.41, 5.74) is 3.19. The van der Waals surface area contributed by atoms with Crippen LogP contribution >= 0.6 is 0 Å². The number of imidazole rings is 1. The number of rotatable bonds is 10. The van der Waals surface area contributed by atoms with Crippen molar-refractivity contribution < 1.29 is 28.5 Å². The number of hydrogen-bond donors (Lipinski definition) is 1. The second kappa shape index (κ2) is 10.9. The number of hydrogen-bond acceptors (Lipinski definition) is 8. The number of carbonyl (C=O) groups is 1. The van der Waals surface area contributed by atoms with E-state index in [0.29, 0.717) is 53.6 Å². The molecule has 1 N–H and O–H groups in total. The maximum atomic E-state index is 14.3. The molecular formula is C32H30FN5O5. The van der Waals surface area contributed by atoms with E-state index in [4.69, 9.17) is 29.4 Å². The molecule has 11 heteroatoms. The van der Waals surface area contributed by atoms with Crippen LogP contribution < -0.4 is 9.47 Å². The number of aromatic nitrogens is 3. The number of aromatic carboxylic acids is 1. The molecule has 2 aromatic heterocycles. The summed E-state index contributed by atoms with van der Waals surface area (Å²) in [7, 11) is 1.53. The number of benzene rings is 2. The molecule has 2 aromatic carbocycles. The van der Waals surface area contributed by atoms with Crippen LogP contribution in [0.4, 0.5) is 4.39 Å². The Labute approximate surface area is 247 Å². The van der Waals surface area contributed by atoms with E-state index in [1.165, 1.54) is 19.2 Å². The van der Waals surface area contributed by atoms with Crippen LogP contribution in [0, 0.1) is 29.0 Å². The lowest BCUT2D eigenvalue weighted by Gasteiger charge is -2.28. The van der Waals surface area contributed by atoms with Gasteiger partial charge in [-0.15, -0.1) is 0 Å². The Bertz CT molecular complexity index is 1750. The minimum Gasteiger partial charge on any atom is -0.494 e. The number of fused-ring (bicyclic) bond motifs is 2. The lowest BCUT2D eigenvalue weighted by molar-refractivity contribution is -0.0591. The highest BCUT2D eigenvalue weighted by Crippen LogP contribution is 2.58. The van der Waals surface area contributed by atoms with Crippen molar-refractivity contribution >= 4 is 17.0 Å². The monoisotopic (exact) mass is 583 g/mol. The summed E-state index contributed by atoms with van der Waals surface area (Å²) in [4.78, 5) is 23.8. The highest BCUT2D eigenvalue weighted by atomic mass is 19.1. The highest BCUT2D eigenvalue weighted by molar-refractivity contribution is 5.95. The van der Waals surface area contributed by atoms with Crippen molar-refractivity contribution in [1.82, 2.24) is 19.4 Å². The molecule has 0 spiro atoms. The molecule has 10 nitrogen and oxygen atoms in total. The number of piperidine rings is 1. The summed E-state index contributed by atoms with van der Waals surface area (Å²) in [6, 6.07) is 15.2. The van der Waals surface area contributed by atoms with Crippen LogP contribution in [0.15, 0.2) is 48.5 Å². The van der Waals surface area contributed by atoms with Crippen molar-refractivity contribution in [2.75, 3.05) is 26.8 Å². The van der Waals surface area contributed by atoms with E-state index in [9.17, 15) is 14.3 Å². The molecule has 2 aliphatic heterocycles. The molecule has 3 fully saturated rings. The van der Waals surface area contributed by atoms with Crippen LogP contribution in [-0.4, -0.2) is 63.4 Å². The fourth-order valence-corrected chi connectivity index (χ4v) is 6.44. The van der Waals surface area contributed by atoms with Crippen LogP contribution in [0.1, 0.15) is 45.3 Å². The zero-order valence-corrected chi connectivity index (χ0v) is 23.6. The van der Waals surface area contributed by atoms with Gasteiger partial charge in [-0.25, -0.2) is 19.2 Å². The first-order valence-corrected chi connectivity index (χ1v) is 14.3. The van der Waals surface area contributed by atoms with E-state index in [1.807, 2.05) is 18.2 Å². The molecule has 4 heterocycles. The molecule has 7 rings (SSSR count). The first-order chi connectivity index (χ1) is 20.9. The summed E-state index contributed by atoms with van der Waals surface area (Å²) in [6.45, 7) is 3.83. The van der Waals surface area contributed by atoms with Gasteiger partial charge in [-0.2, -0.15) is 5.26 Å². The molecule has 43 heavy (non-hydrogen) atoms. The van der Waals surface area contributed by atoms with Crippen molar-refractivity contribution in [3.8, 4) is 17.7 Å². The van der Waals surface area contributed by atoms with Gasteiger partial charge >= 0.3 is 5.97 Å². The minimum atomic E-state index is -1.01. The zero-order valence-electron chi connectivity index (χ0n) is 23.6. The predicted molar refractivity (Wildman–Crippen MR) is 152 cm³/mol. The Morgan fingerprint density at radius 2 is 2.00 bits per heavy atom. The van der Waals surface area contributed by atoms with Gasteiger partial charge in [0.1, 0.15) is 29.5 Å². The normalized spacial score (nSPS) is 22.5. The Kier molecular flexibility index (Phi) is 6.95. The lowest BCUT2D eigenvalue weighted by Crippen LogP contribution is -2.33. The van der Waals surface area contributed by atoms with E-state index >= 15 is 0 Å². The van der Waals surface area contributed by atoms with Crippen molar-refractivity contribution in [1.29, 1.82) is 5.26 Å². The second-order valence-electron chi connectivity index (χ2n) is 11.4. The SMILES string of the molecule is COc1cc(C(=O)O)cc2c1nc(CN1C[C@@H]3[C@H](C1)[C@H]3c1cccc(OCc3ccc(C#N)cc3F)n1)n2C[C@@H]1CCO1. The van der Waals surface area contributed by atoms with Gasteiger partial charge in [-0.1, -0.05) is 12.1 Å². The maximum Gasteiger partial charge on any atom is 0.335 e. The van der Waals surface area contributed by atoms with Crippen LogP contribution in [0.25, 0.3) is 11.0 Å². The Balaban J connectivity index is 1.04. The average Bonchev–Trinajstić information content (AvgIpc) is 3.30. The summed E-state index contributed by atoms with van der Waals surface area (Å²) in [5, 5.41) is 18.6. The molecule has 1 saturated carbocycles. The van der Waals surface area contributed by atoms with Crippen molar-refractivity contribution in [2.24, 2.45) is 11.8 Å². The van der Waals surface area contributed by atoms with Gasteiger partial charge in [-0.05, 0) is 48.6 Å². The van der Waals surface area contributed by atoms with Gasteiger partial charge < -0.3 is 23.9 Å². The highest BCUT2D eigenvalue weighted by Gasteiger charge is 2.57. The Hall–Kier alpha value is -4.53. The Morgan fingerprint density at radius 1 is 1.19 bits per heavy atom. The van der Waals surface area contributed by atoms with Gasteiger partial charge in [-0.3, -0.25) is 4.90 Å². The van der Waals surface area contributed by atoms with Crippen LogP contribution in [0.3, 0.4) is 0 Å². The van der Waals surface area contributed by atoms with E-state index < -0.39 is 11.8 Å². The molecule has 4 aromatic rings. The van der Waals surface area contributed by atoms with E-state index in [1.54, 1.807) is 24.3 Å². The maximum absolute atomic E-state index is 14.3. The van der Waals surface area contributed by atoms with Crippen LogP contribution in [-0.2, 0) is 24.4 Å². The second-order valence-corrected chi connectivity index (χ2v) is 11.4. The third-order valence-electron chi connectivity index (χ3n) is 8.82. The van der Waals surface area contributed by atoms with Gasteiger partial charge in [0.05, 0.1) is 49.0 Å². The number of pyridine rings is 1. The number of nitrogens with zero attached hydrogens (tertiary/aromatic N) is 5. The predicted octanol–water partition coefficient (Wildman–Crippen LogP) is 4.36. The third kappa shape index (κ3) is 5.17. The summed E-state index contributed by atoms with van der Waals surface area (Å²) in [5.74, 6) is 1.57. The van der Waals surface area contributed by atoms with E-state index in [2.05, 4.69) is 9.47 Å². The van der Waals surface area contributed by atoms with Gasteiger partial charge in [0.2, 0.25) is 5.88 Å². The summed E-state index contributed by atoms with van der Waals surface area (Å²) >= 11 is 0. The molecule has 4 atom stereocenters. The average molecular weight is 584 g/mol.